The Morgan fingerprint density at radius 1 is 1.09 bits per heavy atom. The molecule has 0 aliphatic carbocycles. The summed E-state index contributed by atoms with van der Waals surface area (Å²) in [6.07, 6.45) is 1.74. The summed E-state index contributed by atoms with van der Waals surface area (Å²) in [7, 11) is 1.62. The molecule has 0 radical (unpaired) electrons. The lowest BCUT2D eigenvalue weighted by molar-refractivity contribution is 0.0697. The van der Waals surface area contributed by atoms with Crippen LogP contribution in [-0.4, -0.2) is 28.3 Å². The number of carboxylic acid groups (broad SMARTS) is 1. The minimum absolute atomic E-state index is 0.175. The number of furan rings is 1. The fourth-order valence-corrected chi connectivity index (χ4v) is 4.57. The van der Waals surface area contributed by atoms with Crippen molar-refractivity contribution in [3.8, 4) is 17.1 Å². The maximum atomic E-state index is 11.7. The van der Waals surface area contributed by atoms with Gasteiger partial charge in [-0.3, -0.25) is 4.98 Å². The van der Waals surface area contributed by atoms with E-state index in [0.717, 1.165) is 11.4 Å². The Morgan fingerprint density at radius 2 is 1.91 bits per heavy atom. The smallest absolute Gasteiger partial charge is 0.336 e. The van der Waals surface area contributed by atoms with Crippen LogP contribution in [-0.2, 0) is 0 Å². The summed E-state index contributed by atoms with van der Waals surface area (Å²) in [4.78, 5) is 18.3. The van der Waals surface area contributed by atoms with Crippen molar-refractivity contribution < 1.29 is 19.1 Å². The number of hydrogen-bond donors (Lipinski definition) is 2. The highest BCUT2D eigenvalue weighted by Gasteiger charge is 2.42. The fourth-order valence-electron chi connectivity index (χ4n) is 4.22. The average Bonchev–Trinajstić information content (AvgIpc) is 3.49. The predicted octanol–water partition coefficient (Wildman–Crippen LogP) is 5.23. The second-order valence-corrected chi connectivity index (χ2v) is 8.14. The lowest BCUT2D eigenvalue weighted by Crippen LogP contribution is -2.29. The number of methoxy groups -OCH3 is 1. The molecule has 0 amide bonds. The molecule has 1 aliphatic rings. The van der Waals surface area contributed by atoms with Gasteiger partial charge in [-0.1, -0.05) is 30.3 Å². The maximum absolute atomic E-state index is 11.7. The van der Waals surface area contributed by atoms with Crippen molar-refractivity contribution in [2.75, 3.05) is 12.0 Å². The Labute approximate surface area is 201 Å². The van der Waals surface area contributed by atoms with Crippen molar-refractivity contribution in [3.63, 3.8) is 0 Å². The van der Waals surface area contributed by atoms with Crippen molar-refractivity contribution in [3.05, 3.63) is 102 Å². The molecule has 1 saturated heterocycles. The summed E-state index contributed by atoms with van der Waals surface area (Å²) in [5.74, 6) is 0.787. The maximum Gasteiger partial charge on any atom is 0.336 e. The van der Waals surface area contributed by atoms with Crippen LogP contribution in [0.25, 0.3) is 11.3 Å². The van der Waals surface area contributed by atoms with Crippen LogP contribution in [0.4, 0.5) is 5.69 Å². The van der Waals surface area contributed by atoms with Crippen molar-refractivity contribution >= 4 is 29.0 Å². The number of thiocarbonyl (C=S) groups is 1. The van der Waals surface area contributed by atoms with E-state index in [4.69, 9.17) is 21.4 Å². The first-order valence-electron chi connectivity index (χ1n) is 10.6. The van der Waals surface area contributed by atoms with E-state index in [9.17, 15) is 9.90 Å². The summed E-state index contributed by atoms with van der Waals surface area (Å²) in [5, 5.41) is 13.5. The van der Waals surface area contributed by atoms with Gasteiger partial charge in [0.25, 0.3) is 0 Å². The molecular formula is C26H21N3O4S. The molecule has 2 unspecified atom stereocenters. The van der Waals surface area contributed by atoms with E-state index in [1.807, 2.05) is 53.4 Å². The van der Waals surface area contributed by atoms with Crippen LogP contribution in [0.1, 0.15) is 33.9 Å². The Hall–Kier alpha value is -4.17. The minimum atomic E-state index is -1.01. The highest BCUT2D eigenvalue weighted by molar-refractivity contribution is 7.80. The molecule has 2 N–H and O–H groups in total. The molecule has 7 nitrogen and oxygen atoms in total. The first-order chi connectivity index (χ1) is 16.6. The second-order valence-electron chi connectivity index (χ2n) is 7.75. The van der Waals surface area contributed by atoms with E-state index in [-0.39, 0.29) is 17.6 Å². The fraction of sp³-hybridized carbons (Fsp3) is 0.115. The van der Waals surface area contributed by atoms with E-state index < -0.39 is 5.97 Å². The van der Waals surface area contributed by atoms with E-state index in [1.54, 1.807) is 43.6 Å². The van der Waals surface area contributed by atoms with Crippen molar-refractivity contribution in [2.24, 2.45) is 0 Å². The SMILES string of the molecule is COc1cccc(N2C(=S)NC(c3ccccn3)C2c2ccc(-c3ccccc3C(=O)O)o2)c1. The van der Waals surface area contributed by atoms with Crippen LogP contribution in [0.3, 0.4) is 0 Å². The van der Waals surface area contributed by atoms with Gasteiger partial charge in [0.1, 0.15) is 23.3 Å². The molecule has 4 aromatic rings. The number of aromatic nitrogens is 1. The van der Waals surface area contributed by atoms with Gasteiger partial charge in [-0.2, -0.15) is 0 Å². The van der Waals surface area contributed by atoms with Crippen LogP contribution in [0.15, 0.2) is 89.5 Å². The van der Waals surface area contributed by atoms with Gasteiger partial charge in [0.2, 0.25) is 0 Å². The quantitative estimate of drug-likeness (QED) is 0.370. The van der Waals surface area contributed by atoms with Gasteiger partial charge in [-0.15, -0.1) is 0 Å². The first-order valence-corrected chi connectivity index (χ1v) is 11.0. The number of pyridine rings is 1. The Balaban J connectivity index is 1.62. The van der Waals surface area contributed by atoms with Gasteiger partial charge in [-0.25, -0.2) is 4.79 Å². The molecule has 34 heavy (non-hydrogen) atoms. The number of rotatable bonds is 6. The number of nitrogens with one attached hydrogen (secondary N) is 1. The minimum Gasteiger partial charge on any atom is -0.497 e. The normalized spacial score (nSPS) is 17.4. The molecular weight excluding hydrogens is 450 g/mol. The zero-order valence-corrected chi connectivity index (χ0v) is 19.0. The van der Waals surface area contributed by atoms with Crippen LogP contribution in [0.5, 0.6) is 5.75 Å². The van der Waals surface area contributed by atoms with Gasteiger partial charge in [0, 0.05) is 23.5 Å². The summed E-state index contributed by atoms with van der Waals surface area (Å²) < 4.78 is 11.7. The lowest BCUT2D eigenvalue weighted by atomic mass is 10.0. The van der Waals surface area contributed by atoms with E-state index in [0.29, 0.717) is 27.9 Å². The molecule has 1 aliphatic heterocycles. The number of carboxylic acids is 1. The van der Waals surface area contributed by atoms with Crippen LogP contribution in [0, 0.1) is 0 Å². The number of hydrogen-bond acceptors (Lipinski definition) is 5. The van der Waals surface area contributed by atoms with Gasteiger partial charge < -0.3 is 24.5 Å². The van der Waals surface area contributed by atoms with Crippen LogP contribution < -0.4 is 15.0 Å². The third kappa shape index (κ3) is 3.88. The Kier molecular flexibility index (Phi) is 5.73. The molecule has 0 bridgehead atoms. The zero-order chi connectivity index (χ0) is 23.7. The topological polar surface area (TPSA) is 87.8 Å². The molecule has 5 rings (SSSR count). The van der Waals surface area contributed by atoms with Gasteiger partial charge >= 0.3 is 5.97 Å². The van der Waals surface area contributed by atoms with E-state index in [2.05, 4.69) is 10.3 Å². The van der Waals surface area contributed by atoms with Crippen molar-refractivity contribution in [1.82, 2.24) is 10.3 Å². The Morgan fingerprint density at radius 3 is 2.68 bits per heavy atom. The number of benzene rings is 2. The largest absolute Gasteiger partial charge is 0.497 e. The second kappa shape index (κ2) is 8.99. The third-order valence-corrected chi connectivity index (χ3v) is 6.09. The molecule has 8 heteroatoms. The predicted molar refractivity (Wildman–Crippen MR) is 132 cm³/mol. The zero-order valence-electron chi connectivity index (χ0n) is 18.2. The lowest BCUT2D eigenvalue weighted by Gasteiger charge is -2.26. The van der Waals surface area contributed by atoms with Crippen molar-refractivity contribution in [1.29, 1.82) is 0 Å². The number of ether oxygens (including phenoxy) is 1. The number of nitrogens with zero attached hydrogens (tertiary/aromatic N) is 2. The summed E-state index contributed by atoms with van der Waals surface area (Å²) >= 11 is 5.74. The molecule has 3 heterocycles. The summed E-state index contributed by atoms with van der Waals surface area (Å²) in [6, 6.07) is 23.1. The van der Waals surface area contributed by atoms with Crippen LogP contribution >= 0.6 is 12.2 Å². The number of anilines is 1. The highest BCUT2D eigenvalue weighted by atomic mass is 32.1. The van der Waals surface area contributed by atoms with Gasteiger partial charge in [0.15, 0.2) is 5.11 Å². The van der Waals surface area contributed by atoms with Gasteiger partial charge in [0.05, 0.1) is 24.4 Å². The van der Waals surface area contributed by atoms with Crippen molar-refractivity contribution in [2.45, 2.75) is 12.1 Å². The van der Waals surface area contributed by atoms with E-state index >= 15 is 0 Å². The molecule has 170 valence electrons. The molecule has 0 spiro atoms. The third-order valence-electron chi connectivity index (χ3n) is 5.77. The van der Waals surface area contributed by atoms with Crippen LogP contribution in [0.2, 0.25) is 0 Å². The van der Waals surface area contributed by atoms with Gasteiger partial charge in [-0.05, 0) is 54.7 Å². The molecule has 1 fully saturated rings. The molecule has 0 saturated carbocycles. The van der Waals surface area contributed by atoms with E-state index in [1.165, 1.54) is 0 Å². The number of carbonyl (C=O) groups is 1. The Bertz CT molecular complexity index is 1350. The molecule has 2 aromatic carbocycles. The molecule has 2 atom stereocenters. The first kappa shape index (κ1) is 21.7. The highest BCUT2D eigenvalue weighted by Crippen LogP contribution is 2.43. The standard InChI is InChI=1S/C26H21N3O4S/c1-32-17-8-6-7-16(15-17)29-24(23(28-26(29)34)20-11-4-5-14-27-20)22-13-12-21(33-22)18-9-2-3-10-19(18)25(30)31/h2-15,23-24H,1H3,(H,28,34)(H,30,31). The average molecular weight is 472 g/mol. The monoisotopic (exact) mass is 471 g/mol. The summed E-state index contributed by atoms with van der Waals surface area (Å²) in [6.45, 7) is 0. The molecule has 2 aromatic heterocycles. The summed E-state index contributed by atoms with van der Waals surface area (Å²) in [5.41, 5.74) is 2.33. The number of aromatic carboxylic acids is 1.